The molecule has 3 N–H and O–H groups in total. The first-order chi connectivity index (χ1) is 8.84. The lowest BCUT2D eigenvalue weighted by Gasteiger charge is -2.21. The molecule has 1 fully saturated rings. The molecule has 2 nitrogen and oxygen atoms in total. The molecule has 1 aliphatic carbocycles. The Bertz CT molecular complexity index is 621. The molecule has 0 radical (unpaired) electrons. The van der Waals surface area contributed by atoms with Gasteiger partial charge in [0.1, 0.15) is 5.69 Å². The maximum Gasteiger partial charge on any atom is 0.431 e. The summed E-state index contributed by atoms with van der Waals surface area (Å²) in [6.45, 7) is 1.92. The average Bonchev–Trinajstić information content (AvgIpc) is 2.99. The number of halogens is 3. The van der Waals surface area contributed by atoms with E-state index in [0.29, 0.717) is 10.9 Å². The molecular weight excluding hydrogens is 253 g/mol. The predicted molar refractivity (Wildman–Crippen MR) is 67.9 cm³/mol. The van der Waals surface area contributed by atoms with Gasteiger partial charge in [-0.1, -0.05) is 12.1 Å². The Morgan fingerprint density at radius 3 is 2.53 bits per heavy atom. The summed E-state index contributed by atoms with van der Waals surface area (Å²) in [5.74, 6) is 0. The zero-order chi connectivity index (χ0) is 13.8. The first-order valence-electron chi connectivity index (χ1n) is 6.29. The summed E-state index contributed by atoms with van der Waals surface area (Å²) < 4.78 is 38.3. The Morgan fingerprint density at radius 1 is 1.32 bits per heavy atom. The first-order valence-corrected chi connectivity index (χ1v) is 6.29. The summed E-state index contributed by atoms with van der Waals surface area (Å²) in [6, 6.07) is 6.50. The SMILES string of the molecule is CC(N)C1(c2cccc3[nH]c(C(F)(F)F)cc23)CC1. The minimum atomic E-state index is -4.35. The van der Waals surface area contributed by atoms with Gasteiger partial charge in [-0.2, -0.15) is 13.2 Å². The molecule has 3 rings (SSSR count). The smallest absolute Gasteiger partial charge is 0.351 e. The second kappa shape index (κ2) is 3.76. The lowest BCUT2D eigenvalue weighted by atomic mass is 9.87. The Balaban J connectivity index is 2.19. The van der Waals surface area contributed by atoms with E-state index in [1.54, 1.807) is 12.1 Å². The van der Waals surface area contributed by atoms with Crippen molar-refractivity contribution in [1.82, 2.24) is 4.98 Å². The summed E-state index contributed by atoms with van der Waals surface area (Å²) >= 11 is 0. The topological polar surface area (TPSA) is 41.8 Å². The third-order valence-corrected chi connectivity index (χ3v) is 4.17. The number of H-pyrrole nitrogens is 1. The summed E-state index contributed by atoms with van der Waals surface area (Å²) in [5.41, 5.74) is 6.63. The van der Waals surface area contributed by atoms with Gasteiger partial charge in [0.15, 0.2) is 0 Å². The average molecular weight is 268 g/mol. The molecule has 0 bridgehead atoms. The second-order valence-corrected chi connectivity index (χ2v) is 5.39. The van der Waals surface area contributed by atoms with Gasteiger partial charge in [-0.25, -0.2) is 0 Å². The minimum absolute atomic E-state index is 0.0534. The number of benzene rings is 1. The Labute approximate surface area is 108 Å². The number of hydrogen-bond acceptors (Lipinski definition) is 1. The van der Waals surface area contributed by atoms with Crippen LogP contribution in [0.25, 0.3) is 10.9 Å². The van der Waals surface area contributed by atoms with Crippen molar-refractivity contribution in [3.05, 3.63) is 35.5 Å². The van der Waals surface area contributed by atoms with Crippen molar-refractivity contribution in [3.63, 3.8) is 0 Å². The third-order valence-electron chi connectivity index (χ3n) is 4.17. The van der Waals surface area contributed by atoms with Crippen molar-refractivity contribution in [1.29, 1.82) is 0 Å². The normalized spacial score (nSPS) is 19.6. The van der Waals surface area contributed by atoms with E-state index in [0.717, 1.165) is 18.4 Å². The van der Waals surface area contributed by atoms with Crippen LogP contribution in [0.2, 0.25) is 0 Å². The fourth-order valence-corrected chi connectivity index (χ4v) is 2.85. The van der Waals surface area contributed by atoms with Crippen LogP contribution in [0.1, 0.15) is 31.0 Å². The monoisotopic (exact) mass is 268 g/mol. The molecule has 1 aliphatic rings. The van der Waals surface area contributed by atoms with Gasteiger partial charge in [0.2, 0.25) is 0 Å². The van der Waals surface area contributed by atoms with Gasteiger partial charge in [0.25, 0.3) is 0 Å². The van der Waals surface area contributed by atoms with Crippen LogP contribution >= 0.6 is 0 Å². The Kier molecular flexibility index (Phi) is 2.48. The summed E-state index contributed by atoms with van der Waals surface area (Å²) in [5, 5.41) is 0.643. The summed E-state index contributed by atoms with van der Waals surface area (Å²) in [6.07, 6.45) is -2.46. The number of nitrogens with two attached hydrogens (primary N) is 1. The van der Waals surface area contributed by atoms with Gasteiger partial charge in [0, 0.05) is 22.4 Å². The van der Waals surface area contributed by atoms with Crippen LogP contribution < -0.4 is 5.73 Å². The lowest BCUT2D eigenvalue weighted by molar-refractivity contribution is -0.140. The highest BCUT2D eigenvalue weighted by molar-refractivity contribution is 5.86. The van der Waals surface area contributed by atoms with Crippen molar-refractivity contribution in [2.75, 3.05) is 0 Å². The molecule has 1 saturated carbocycles. The number of nitrogens with one attached hydrogen (secondary N) is 1. The van der Waals surface area contributed by atoms with Gasteiger partial charge in [-0.3, -0.25) is 0 Å². The number of hydrogen-bond donors (Lipinski definition) is 2. The maximum absolute atomic E-state index is 12.8. The van der Waals surface area contributed by atoms with Crippen LogP contribution in [0.15, 0.2) is 24.3 Å². The molecule has 1 unspecified atom stereocenters. The predicted octanol–water partition coefficient (Wildman–Crippen LogP) is 3.57. The molecule has 0 amide bonds. The summed E-state index contributed by atoms with van der Waals surface area (Å²) in [7, 11) is 0. The number of fused-ring (bicyclic) bond motifs is 1. The molecule has 2 aromatic rings. The number of alkyl halides is 3. The van der Waals surface area contributed by atoms with E-state index >= 15 is 0 Å². The third kappa shape index (κ3) is 1.84. The van der Waals surface area contributed by atoms with Crippen molar-refractivity contribution in [2.24, 2.45) is 5.73 Å². The van der Waals surface area contributed by atoms with Crippen LogP contribution in [-0.4, -0.2) is 11.0 Å². The van der Waals surface area contributed by atoms with Gasteiger partial charge >= 0.3 is 6.18 Å². The molecule has 0 spiro atoms. The lowest BCUT2D eigenvalue weighted by Crippen LogP contribution is -2.31. The molecule has 0 saturated heterocycles. The molecule has 1 aromatic carbocycles. The molecule has 19 heavy (non-hydrogen) atoms. The fraction of sp³-hybridized carbons (Fsp3) is 0.429. The second-order valence-electron chi connectivity index (χ2n) is 5.39. The van der Waals surface area contributed by atoms with Gasteiger partial charge in [-0.15, -0.1) is 0 Å². The number of aromatic amines is 1. The fourth-order valence-electron chi connectivity index (χ4n) is 2.85. The Hall–Kier alpha value is -1.49. The van der Waals surface area contributed by atoms with E-state index in [1.807, 2.05) is 13.0 Å². The van der Waals surface area contributed by atoms with E-state index in [9.17, 15) is 13.2 Å². The molecule has 1 aromatic heterocycles. The standard InChI is InChI=1S/C14H15F3N2/c1-8(18)13(5-6-13)10-3-2-4-11-9(10)7-12(19-11)14(15,16)17/h2-4,7-8,19H,5-6,18H2,1H3. The van der Waals surface area contributed by atoms with Crippen molar-refractivity contribution in [2.45, 2.75) is 37.4 Å². The quantitative estimate of drug-likeness (QED) is 0.859. The highest BCUT2D eigenvalue weighted by Gasteiger charge is 2.48. The zero-order valence-electron chi connectivity index (χ0n) is 10.5. The first kappa shape index (κ1) is 12.5. The van der Waals surface area contributed by atoms with Gasteiger partial charge < -0.3 is 10.7 Å². The van der Waals surface area contributed by atoms with Crippen LogP contribution in [0, 0.1) is 0 Å². The van der Waals surface area contributed by atoms with Crippen LogP contribution in [0.3, 0.4) is 0 Å². The maximum atomic E-state index is 12.8. The zero-order valence-corrected chi connectivity index (χ0v) is 10.5. The van der Waals surface area contributed by atoms with Crippen molar-refractivity contribution < 1.29 is 13.2 Å². The molecule has 0 aliphatic heterocycles. The van der Waals surface area contributed by atoms with Crippen LogP contribution in [0.4, 0.5) is 13.2 Å². The molecule has 1 heterocycles. The highest BCUT2D eigenvalue weighted by atomic mass is 19.4. The van der Waals surface area contributed by atoms with Gasteiger partial charge in [0.05, 0.1) is 0 Å². The summed E-state index contributed by atoms with van der Waals surface area (Å²) in [4.78, 5) is 2.45. The molecule has 1 atom stereocenters. The van der Waals surface area contributed by atoms with Crippen LogP contribution in [-0.2, 0) is 11.6 Å². The van der Waals surface area contributed by atoms with E-state index in [2.05, 4.69) is 4.98 Å². The van der Waals surface area contributed by atoms with Crippen molar-refractivity contribution in [3.8, 4) is 0 Å². The van der Waals surface area contributed by atoms with E-state index < -0.39 is 11.9 Å². The molecule has 5 heteroatoms. The van der Waals surface area contributed by atoms with E-state index in [1.165, 1.54) is 6.07 Å². The number of aromatic nitrogens is 1. The Morgan fingerprint density at radius 2 is 2.00 bits per heavy atom. The van der Waals surface area contributed by atoms with Gasteiger partial charge in [-0.05, 0) is 37.5 Å². The minimum Gasteiger partial charge on any atom is -0.351 e. The van der Waals surface area contributed by atoms with E-state index in [-0.39, 0.29) is 11.5 Å². The largest absolute Gasteiger partial charge is 0.431 e. The molecule has 102 valence electrons. The number of rotatable bonds is 2. The van der Waals surface area contributed by atoms with Crippen molar-refractivity contribution >= 4 is 10.9 Å². The highest BCUT2D eigenvalue weighted by Crippen LogP contribution is 2.52. The molecular formula is C14H15F3N2. The van der Waals surface area contributed by atoms with Crippen LogP contribution in [0.5, 0.6) is 0 Å². The van der Waals surface area contributed by atoms with E-state index in [4.69, 9.17) is 5.73 Å².